The molecule has 1 fully saturated rings. The zero-order valence-corrected chi connectivity index (χ0v) is 10.7. The van der Waals surface area contributed by atoms with Crippen molar-refractivity contribution < 1.29 is 0 Å². The zero-order valence-electron chi connectivity index (χ0n) is 10.7. The molecule has 1 aliphatic rings. The molecule has 0 amide bonds. The maximum absolute atomic E-state index is 3.68. The van der Waals surface area contributed by atoms with Crippen LogP contribution in [0.5, 0.6) is 0 Å². The van der Waals surface area contributed by atoms with E-state index >= 15 is 0 Å². The first kappa shape index (κ1) is 13.0. The molecule has 1 aliphatic carbocycles. The molecular weight excluding hydrogens is 182 g/mol. The number of nitrogens with one attached hydrogen (secondary N) is 1. The van der Waals surface area contributed by atoms with E-state index in [1.165, 1.54) is 57.8 Å². The third kappa shape index (κ3) is 5.01. The predicted molar refractivity (Wildman–Crippen MR) is 68.2 cm³/mol. The molecule has 0 aromatic heterocycles. The van der Waals surface area contributed by atoms with E-state index in [4.69, 9.17) is 0 Å². The second kappa shape index (κ2) is 8.15. The second-order valence-electron chi connectivity index (χ2n) is 5.06. The first-order chi connectivity index (χ1) is 7.38. The Labute approximate surface area is 96.0 Å². The smallest absolute Gasteiger partial charge is 0.00952 e. The van der Waals surface area contributed by atoms with Gasteiger partial charge in [0.25, 0.3) is 0 Å². The van der Waals surface area contributed by atoms with Crippen LogP contribution < -0.4 is 5.32 Å². The Kier molecular flexibility index (Phi) is 7.08. The minimum atomic E-state index is 0.838. The fraction of sp³-hybridized carbons (Fsp3) is 1.00. The van der Waals surface area contributed by atoms with E-state index < -0.39 is 0 Å². The molecule has 0 aromatic carbocycles. The highest BCUT2D eigenvalue weighted by Gasteiger charge is 2.23. The number of hydrogen-bond donors (Lipinski definition) is 1. The van der Waals surface area contributed by atoms with Gasteiger partial charge in [-0.3, -0.25) is 0 Å². The van der Waals surface area contributed by atoms with Gasteiger partial charge in [-0.05, 0) is 31.7 Å². The molecule has 0 saturated heterocycles. The van der Waals surface area contributed by atoms with E-state index in [0.717, 1.165) is 18.5 Å². The Morgan fingerprint density at radius 2 is 1.80 bits per heavy atom. The Bertz CT molecular complexity index is 142. The number of hydrogen-bond acceptors (Lipinski definition) is 1. The maximum atomic E-state index is 3.68. The van der Waals surface area contributed by atoms with E-state index in [0.29, 0.717) is 0 Å². The largest absolute Gasteiger partial charge is 0.314 e. The van der Waals surface area contributed by atoms with Gasteiger partial charge in [-0.2, -0.15) is 0 Å². The van der Waals surface area contributed by atoms with Crippen LogP contribution in [-0.2, 0) is 0 Å². The predicted octanol–water partition coefficient (Wildman–Crippen LogP) is 4.13. The van der Waals surface area contributed by atoms with Gasteiger partial charge >= 0.3 is 0 Å². The van der Waals surface area contributed by atoms with Gasteiger partial charge in [0.15, 0.2) is 0 Å². The summed E-state index contributed by atoms with van der Waals surface area (Å²) < 4.78 is 0. The normalized spacial score (nSPS) is 26.8. The van der Waals surface area contributed by atoms with E-state index in [2.05, 4.69) is 19.2 Å². The summed E-state index contributed by atoms with van der Waals surface area (Å²) in [5.74, 6) is 0.982. The van der Waals surface area contributed by atoms with Gasteiger partial charge in [0.2, 0.25) is 0 Å². The van der Waals surface area contributed by atoms with Crippen molar-refractivity contribution >= 4 is 0 Å². The molecule has 2 unspecified atom stereocenters. The fourth-order valence-electron chi connectivity index (χ4n) is 2.92. The Balaban J connectivity index is 2.17. The lowest BCUT2D eigenvalue weighted by Crippen LogP contribution is -2.38. The van der Waals surface area contributed by atoms with Gasteiger partial charge in [0.05, 0.1) is 0 Å². The van der Waals surface area contributed by atoms with Crippen LogP contribution >= 0.6 is 0 Å². The lowest BCUT2D eigenvalue weighted by atomic mass is 9.81. The van der Waals surface area contributed by atoms with Gasteiger partial charge in [-0.25, -0.2) is 0 Å². The first-order valence-electron chi connectivity index (χ1n) is 7.11. The Morgan fingerprint density at radius 3 is 2.53 bits per heavy atom. The quantitative estimate of drug-likeness (QED) is 0.624. The molecule has 0 aliphatic heterocycles. The lowest BCUT2D eigenvalue weighted by Gasteiger charge is -2.32. The van der Waals surface area contributed by atoms with E-state index in [-0.39, 0.29) is 0 Å². The van der Waals surface area contributed by atoms with Crippen molar-refractivity contribution in [2.45, 2.75) is 77.7 Å². The summed E-state index contributed by atoms with van der Waals surface area (Å²) >= 11 is 0. The van der Waals surface area contributed by atoms with Crippen LogP contribution in [0.2, 0.25) is 0 Å². The zero-order chi connectivity index (χ0) is 10.9. The Morgan fingerprint density at radius 1 is 1.00 bits per heavy atom. The molecular formula is C14H29N. The van der Waals surface area contributed by atoms with Crippen LogP contribution in [0, 0.1) is 5.92 Å². The number of rotatable bonds is 7. The molecule has 90 valence electrons. The van der Waals surface area contributed by atoms with Crippen molar-refractivity contribution in [2.75, 3.05) is 6.54 Å². The molecule has 0 heterocycles. The van der Waals surface area contributed by atoms with Crippen molar-refractivity contribution in [2.24, 2.45) is 5.92 Å². The van der Waals surface area contributed by atoms with Crippen molar-refractivity contribution in [1.82, 2.24) is 5.32 Å². The topological polar surface area (TPSA) is 12.0 Å². The van der Waals surface area contributed by atoms with Crippen LogP contribution in [0.25, 0.3) is 0 Å². The van der Waals surface area contributed by atoms with Crippen molar-refractivity contribution in [3.8, 4) is 0 Å². The molecule has 1 rings (SSSR count). The molecule has 0 radical (unpaired) electrons. The second-order valence-corrected chi connectivity index (χ2v) is 5.06. The van der Waals surface area contributed by atoms with E-state index in [1.807, 2.05) is 0 Å². The van der Waals surface area contributed by atoms with Crippen LogP contribution in [0.3, 0.4) is 0 Å². The summed E-state index contributed by atoms with van der Waals surface area (Å²) in [7, 11) is 0. The standard InChI is InChI=1S/C14H29N/c1-3-5-6-7-10-13-11-8-9-12-14(13)15-4-2/h13-15H,3-12H2,1-2H3. The summed E-state index contributed by atoms with van der Waals surface area (Å²) in [6.45, 7) is 5.68. The summed E-state index contributed by atoms with van der Waals surface area (Å²) in [4.78, 5) is 0. The van der Waals surface area contributed by atoms with E-state index in [1.54, 1.807) is 0 Å². The summed E-state index contributed by atoms with van der Waals surface area (Å²) in [6.07, 6.45) is 13.0. The van der Waals surface area contributed by atoms with Crippen LogP contribution in [0.15, 0.2) is 0 Å². The van der Waals surface area contributed by atoms with Gasteiger partial charge in [-0.15, -0.1) is 0 Å². The molecule has 1 heteroatoms. The van der Waals surface area contributed by atoms with Crippen LogP contribution in [0.4, 0.5) is 0 Å². The molecule has 0 bridgehead atoms. The van der Waals surface area contributed by atoms with Crippen molar-refractivity contribution in [3.05, 3.63) is 0 Å². The molecule has 15 heavy (non-hydrogen) atoms. The highest BCUT2D eigenvalue weighted by Crippen LogP contribution is 2.28. The highest BCUT2D eigenvalue weighted by atomic mass is 14.9. The third-order valence-corrected chi connectivity index (χ3v) is 3.80. The fourth-order valence-corrected chi connectivity index (χ4v) is 2.92. The van der Waals surface area contributed by atoms with Crippen LogP contribution in [-0.4, -0.2) is 12.6 Å². The van der Waals surface area contributed by atoms with Gasteiger partial charge in [0, 0.05) is 6.04 Å². The SMILES string of the molecule is CCCCCCC1CCCCC1NCC. The van der Waals surface area contributed by atoms with Gasteiger partial charge in [-0.1, -0.05) is 52.4 Å². The third-order valence-electron chi connectivity index (χ3n) is 3.80. The molecule has 1 saturated carbocycles. The summed E-state index contributed by atoms with van der Waals surface area (Å²) in [5.41, 5.74) is 0. The summed E-state index contributed by atoms with van der Waals surface area (Å²) in [6, 6.07) is 0.838. The highest BCUT2D eigenvalue weighted by molar-refractivity contribution is 4.80. The first-order valence-corrected chi connectivity index (χ1v) is 7.11. The van der Waals surface area contributed by atoms with Gasteiger partial charge < -0.3 is 5.32 Å². The molecule has 1 nitrogen and oxygen atoms in total. The van der Waals surface area contributed by atoms with Crippen molar-refractivity contribution in [3.63, 3.8) is 0 Å². The lowest BCUT2D eigenvalue weighted by molar-refractivity contribution is 0.246. The minimum absolute atomic E-state index is 0.838. The average Bonchev–Trinajstić information content (AvgIpc) is 2.27. The molecule has 0 spiro atoms. The monoisotopic (exact) mass is 211 g/mol. The average molecular weight is 211 g/mol. The molecule has 1 N–H and O–H groups in total. The molecule has 0 aromatic rings. The Hall–Kier alpha value is -0.0400. The van der Waals surface area contributed by atoms with Gasteiger partial charge in [0.1, 0.15) is 0 Å². The van der Waals surface area contributed by atoms with Crippen LogP contribution in [0.1, 0.15) is 71.6 Å². The van der Waals surface area contributed by atoms with E-state index in [9.17, 15) is 0 Å². The minimum Gasteiger partial charge on any atom is -0.314 e. The number of unbranched alkanes of at least 4 members (excludes halogenated alkanes) is 3. The molecule has 2 atom stereocenters. The van der Waals surface area contributed by atoms with Crippen molar-refractivity contribution in [1.29, 1.82) is 0 Å². The maximum Gasteiger partial charge on any atom is 0.00952 e. The summed E-state index contributed by atoms with van der Waals surface area (Å²) in [5, 5.41) is 3.68.